The summed E-state index contributed by atoms with van der Waals surface area (Å²) in [7, 11) is 0. The fourth-order valence-electron chi connectivity index (χ4n) is 3.83. The van der Waals surface area contributed by atoms with Crippen LogP contribution in [0.5, 0.6) is 0 Å². The predicted octanol–water partition coefficient (Wildman–Crippen LogP) is 3.18. The van der Waals surface area contributed by atoms with Gasteiger partial charge in [0.15, 0.2) is 0 Å². The number of hydrogen-bond acceptors (Lipinski definition) is 4. The monoisotopic (exact) mass is 406 g/mol. The highest BCUT2D eigenvalue weighted by Gasteiger charge is 2.16. The molecule has 4 rings (SSSR count). The number of H-pyrrole nitrogens is 1. The number of anilines is 2. The van der Waals surface area contributed by atoms with Crippen LogP contribution in [0.25, 0.3) is 5.69 Å². The predicted molar refractivity (Wildman–Crippen MR) is 117 cm³/mol. The Hall–Kier alpha value is -3.55. The number of urea groups is 1. The highest BCUT2D eigenvalue weighted by Crippen LogP contribution is 2.22. The molecule has 3 N–H and O–H groups in total. The Morgan fingerprint density at radius 1 is 1.13 bits per heavy atom. The van der Waals surface area contributed by atoms with Gasteiger partial charge in [-0.05, 0) is 44.4 Å². The molecular weight excluding hydrogens is 380 g/mol. The van der Waals surface area contributed by atoms with Crippen molar-refractivity contribution in [1.82, 2.24) is 19.9 Å². The van der Waals surface area contributed by atoms with Gasteiger partial charge in [0.2, 0.25) is 0 Å². The number of para-hydroxylation sites is 2. The molecule has 8 nitrogen and oxygen atoms in total. The molecule has 3 aromatic rings. The summed E-state index contributed by atoms with van der Waals surface area (Å²) in [5.41, 5.74) is 2.68. The fraction of sp³-hybridized carbons (Fsp3) is 0.318. The Labute approximate surface area is 175 Å². The molecule has 0 radical (unpaired) electrons. The van der Waals surface area contributed by atoms with Crippen molar-refractivity contribution in [2.24, 2.45) is 0 Å². The lowest BCUT2D eigenvalue weighted by Gasteiger charge is -2.29. The zero-order valence-corrected chi connectivity index (χ0v) is 17.0. The van der Waals surface area contributed by atoms with Crippen molar-refractivity contribution in [3.05, 3.63) is 70.5 Å². The number of nitrogens with zero attached hydrogens (tertiary/aromatic N) is 3. The number of aromatic nitrogens is 3. The van der Waals surface area contributed by atoms with Gasteiger partial charge in [-0.25, -0.2) is 14.6 Å². The van der Waals surface area contributed by atoms with E-state index in [0.717, 1.165) is 30.2 Å². The number of piperidine rings is 1. The SMILES string of the molecule is Cc1c[nH]c(=O)n1-c1ccccc1NC(=O)NCc1cccnc1N1CCCCC1. The standard InChI is InChI=1S/C22H26N6O2/c1-16-14-25-22(30)28(16)19-10-4-3-9-18(19)26-21(29)24-15-17-8-7-11-23-20(17)27-12-5-2-6-13-27/h3-4,7-11,14H,2,5-6,12-13,15H2,1H3,(H,25,30)(H2,24,26,29). The number of carbonyl (C=O) groups is 1. The summed E-state index contributed by atoms with van der Waals surface area (Å²) < 4.78 is 1.53. The average Bonchev–Trinajstić information content (AvgIpc) is 3.11. The maximum atomic E-state index is 12.6. The molecule has 0 atom stereocenters. The van der Waals surface area contributed by atoms with Gasteiger partial charge in [-0.15, -0.1) is 0 Å². The molecule has 156 valence electrons. The molecule has 30 heavy (non-hydrogen) atoms. The first-order valence-electron chi connectivity index (χ1n) is 10.2. The molecule has 8 heteroatoms. The molecule has 0 unspecified atom stereocenters. The number of imidazole rings is 1. The number of aromatic amines is 1. The second kappa shape index (κ2) is 8.86. The van der Waals surface area contributed by atoms with Crippen molar-refractivity contribution in [2.45, 2.75) is 32.7 Å². The van der Waals surface area contributed by atoms with Gasteiger partial charge in [0.25, 0.3) is 0 Å². The van der Waals surface area contributed by atoms with E-state index in [2.05, 4.69) is 25.5 Å². The van der Waals surface area contributed by atoms with Crippen molar-refractivity contribution in [1.29, 1.82) is 0 Å². The number of amides is 2. The Morgan fingerprint density at radius 2 is 1.93 bits per heavy atom. The molecule has 0 aliphatic carbocycles. The summed E-state index contributed by atoms with van der Waals surface area (Å²) in [6.07, 6.45) is 7.02. The van der Waals surface area contributed by atoms with Gasteiger partial charge in [-0.2, -0.15) is 0 Å². The highest BCUT2D eigenvalue weighted by molar-refractivity contribution is 5.91. The maximum Gasteiger partial charge on any atom is 0.330 e. The number of benzene rings is 1. The van der Waals surface area contributed by atoms with Crippen LogP contribution in [0.4, 0.5) is 16.3 Å². The van der Waals surface area contributed by atoms with Crippen LogP contribution in [-0.2, 0) is 6.54 Å². The van der Waals surface area contributed by atoms with Crippen LogP contribution < -0.4 is 21.2 Å². The second-order valence-corrected chi connectivity index (χ2v) is 7.43. The van der Waals surface area contributed by atoms with Gasteiger partial charge < -0.3 is 20.5 Å². The number of aryl methyl sites for hydroxylation is 1. The summed E-state index contributed by atoms with van der Waals surface area (Å²) in [5.74, 6) is 0.937. The smallest absolute Gasteiger partial charge is 0.330 e. The van der Waals surface area contributed by atoms with Gasteiger partial charge in [-0.3, -0.25) is 4.57 Å². The van der Waals surface area contributed by atoms with E-state index in [-0.39, 0.29) is 11.7 Å². The molecular formula is C22H26N6O2. The minimum atomic E-state index is -0.336. The fourth-order valence-corrected chi connectivity index (χ4v) is 3.83. The molecule has 0 saturated carbocycles. The third kappa shape index (κ3) is 4.22. The third-order valence-electron chi connectivity index (χ3n) is 5.32. The first-order valence-corrected chi connectivity index (χ1v) is 10.2. The van der Waals surface area contributed by atoms with Crippen molar-refractivity contribution >= 4 is 17.5 Å². The first kappa shape index (κ1) is 19.8. The van der Waals surface area contributed by atoms with Crippen LogP contribution in [0.1, 0.15) is 30.5 Å². The van der Waals surface area contributed by atoms with Crippen LogP contribution >= 0.6 is 0 Å². The van der Waals surface area contributed by atoms with E-state index in [1.54, 1.807) is 24.5 Å². The van der Waals surface area contributed by atoms with Gasteiger partial charge >= 0.3 is 11.7 Å². The van der Waals surface area contributed by atoms with E-state index in [9.17, 15) is 9.59 Å². The summed E-state index contributed by atoms with van der Waals surface area (Å²) in [5, 5.41) is 5.78. The molecule has 1 saturated heterocycles. The van der Waals surface area contributed by atoms with Crippen LogP contribution in [0.2, 0.25) is 0 Å². The van der Waals surface area contributed by atoms with Crippen LogP contribution in [0, 0.1) is 6.92 Å². The van der Waals surface area contributed by atoms with E-state index in [0.29, 0.717) is 17.9 Å². The van der Waals surface area contributed by atoms with E-state index in [4.69, 9.17) is 0 Å². The van der Waals surface area contributed by atoms with Crippen LogP contribution in [0.3, 0.4) is 0 Å². The van der Waals surface area contributed by atoms with Gasteiger partial charge in [0.05, 0.1) is 11.4 Å². The van der Waals surface area contributed by atoms with Gasteiger partial charge in [-0.1, -0.05) is 18.2 Å². The zero-order chi connectivity index (χ0) is 20.9. The lowest BCUT2D eigenvalue weighted by molar-refractivity contribution is 0.251. The van der Waals surface area contributed by atoms with E-state index >= 15 is 0 Å². The Kier molecular flexibility index (Phi) is 5.83. The molecule has 0 bridgehead atoms. The summed E-state index contributed by atoms with van der Waals surface area (Å²) in [4.78, 5) is 34.3. The summed E-state index contributed by atoms with van der Waals surface area (Å²) >= 11 is 0. The second-order valence-electron chi connectivity index (χ2n) is 7.43. The average molecular weight is 406 g/mol. The maximum absolute atomic E-state index is 12.6. The van der Waals surface area contributed by atoms with Crippen LogP contribution in [-0.4, -0.2) is 33.7 Å². The zero-order valence-electron chi connectivity index (χ0n) is 17.0. The summed E-state index contributed by atoms with van der Waals surface area (Å²) in [6.45, 7) is 4.19. The lowest BCUT2D eigenvalue weighted by Crippen LogP contribution is -2.33. The Bertz CT molecular complexity index is 1080. The first-order chi connectivity index (χ1) is 14.6. The molecule has 3 heterocycles. The number of carbonyl (C=O) groups excluding carboxylic acids is 1. The number of nitrogens with one attached hydrogen (secondary N) is 3. The quantitative estimate of drug-likeness (QED) is 0.606. The summed E-state index contributed by atoms with van der Waals surface area (Å²) in [6, 6.07) is 10.8. The molecule has 2 aromatic heterocycles. The molecule has 1 aromatic carbocycles. The molecule has 0 spiro atoms. The van der Waals surface area contributed by atoms with Gasteiger partial charge in [0.1, 0.15) is 5.82 Å². The van der Waals surface area contributed by atoms with Crippen molar-refractivity contribution in [3.8, 4) is 5.69 Å². The molecule has 1 aliphatic rings. The van der Waals surface area contributed by atoms with Crippen molar-refractivity contribution < 1.29 is 4.79 Å². The van der Waals surface area contributed by atoms with E-state index in [1.165, 1.54) is 23.8 Å². The molecule has 2 amide bonds. The largest absolute Gasteiger partial charge is 0.356 e. The Balaban J connectivity index is 1.47. The highest BCUT2D eigenvalue weighted by atomic mass is 16.2. The molecule has 1 fully saturated rings. The minimum Gasteiger partial charge on any atom is -0.356 e. The number of rotatable bonds is 5. The van der Waals surface area contributed by atoms with E-state index < -0.39 is 0 Å². The Morgan fingerprint density at radius 3 is 2.70 bits per heavy atom. The topological polar surface area (TPSA) is 95.0 Å². The van der Waals surface area contributed by atoms with Crippen LogP contribution in [0.15, 0.2) is 53.6 Å². The van der Waals surface area contributed by atoms with Crippen molar-refractivity contribution in [3.63, 3.8) is 0 Å². The van der Waals surface area contributed by atoms with E-state index in [1.807, 2.05) is 31.2 Å². The minimum absolute atomic E-state index is 0.247. The van der Waals surface area contributed by atoms with Crippen molar-refractivity contribution in [2.75, 3.05) is 23.3 Å². The molecule has 1 aliphatic heterocycles. The van der Waals surface area contributed by atoms with Gasteiger partial charge in [0, 0.05) is 43.3 Å². The number of pyridine rings is 1. The number of hydrogen-bond donors (Lipinski definition) is 3. The third-order valence-corrected chi connectivity index (χ3v) is 5.32. The lowest BCUT2D eigenvalue weighted by atomic mass is 10.1. The normalized spacial score (nSPS) is 13.8.